The number of aliphatic hydroxyl groups is 1. The van der Waals surface area contributed by atoms with Crippen molar-refractivity contribution in [1.82, 2.24) is 10.6 Å². The van der Waals surface area contributed by atoms with E-state index < -0.39 is 6.10 Å². The van der Waals surface area contributed by atoms with Gasteiger partial charge < -0.3 is 20.5 Å². The van der Waals surface area contributed by atoms with Crippen LogP contribution in [0.1, 0.15) is 31.9 Å². The van der Waals surface area contributed by atoms with Gasteiger partial charge in [0.05, 0.1) is 13.2 Å². The van der Waals surface area contributed by atoms with Crippen molar-refractivity contribution in [3.63, 3.8) is 0 Å². The van der Waals surface area contributed by atoms with E-state index in [0.29, 0.717) is 32.0 Å². The molecule has 0 aliphatic heterocycles. The Kier molecular flexibility index (Phi) is 7.79. The van der Waals surface area contributed by atoms with Gasteiger partial charge in [0.2, 0.25) is 5.91 Å². The third-order valence-corrected chi connectivity index (χ3v) is 3.07. The highest BCUT2D eigenvalue weighted by molar-refractivity contribution is 5.76. The van der Waals surface area contributed by atoms with E-state index in [4.69, 9.17) is 4.74 Å². The molecule has 0 radical (unpaired) electrons. The van der Waals surface area contributed by atoms with Crippen LogP contribution in [0, 0.1) is 5.92 Å². The number of carbonyl (C=O) groups is 1. The van der Waals surface area contributed by atoms with Gasteiger partial charge in [-0.25, -0.2) is 0 Å². The van der Waals surface area contributed by atoms with Gasteiger partial charge in [0.15, 0.2) is 0 Å². The minimum atomic E-state index is -0.588. The molecule has 5 heteroatoms. The Morgan fingerprint density at radius 3 is 2.48 bits per heavy atom. The van der Waals surface area contributed by atoms with Crippen LogP contribution in [0.25, 0.3) is 0 Å². The van der Waals surface area contributed by atoms with Crippen molar-refractivity contribution in [2.45, 2.75) is 26.4 Å². The first-order chi connectivity index (χ1) is 10.0. The SMILES string of the molecule is COc1ccc(C(O)CNCCC(=O)NCC(C)C)cc1. The molecule has 3 N–H and O–H groups in total. The van der Waals surface area contributed by atoms with Gasteiger partial charge in [0, 0.05) is 26.1 Å². The fourth-order valence-electron chi connectivity index (χ4n) is 1.79. The third kappa shape index (κ3) is 7.11. The minimum absolute atomic E-state index is 0.0372. The van der Waals surface area contributed by atoms with Crippen molar-refractivity contribution in [1.29, 1.82) is 0 Å². The van der Waals surface area contributed by atoms with Crippen LogP contribution >= 0.6 is 0 Å². The number of hydrogen-bond acceptors (Lipinski definition) is 4. The van der Waals surface area contributed by atoms with Gasteiger partial charge in [-0.3, -0.25) is 4.79 Å². The normalized spacial score (nSPS) is 12.2. The Labute approximate surface area is 126 Å². The number of nitrogens with one attached hydrogen (secondary N) is 2. The number of methoxy groups -OCH3 is 1. The maximum Gasteiger partial charge on any atom is 0.221 e. The zero-order valence-electron chi connectivity index (χ0n) is 13.1. The molecule has 0 saturated heterocycles. The average molecular weight is 294 g/mol. The van der Waals surface area contributed by atoms with E-state index in [1.54, 1.807) is 7.11 Å². The number of rotatable bonds is 9. The second kappa shape index (κ2) is 9.37. The molecule has 0 bridgehead atoms. The second-order valence-corrected chi connectivity index (χ2v) is 5.44. The lowest BCUT2D eigenvalue weighted by atomic mass is 10.1. The van der Waals surface area contributed by atoms with Crippen LogP contribution in [0.4, 0.5) is 0 Å². The monoisotopic (exact) mass is 294 g/mol. The molecule has 21 heavy (non-hydrogen) atoms. The summed E-state index contributed by atoms with van der Waals surface area (Å²) in [5.41, 5.74) is 0.826. The Balaban J connectivity index is 2.20. The summed E-state index contributed by atoms with van der Waals surface area (Å²) >= 11 is 0. The zero-order valence-corrected chi connectivity index (χ0v) is 13.1. The van der Waals surface area contributed by atoms with Crippen LogP contribution < -0.4 is 15.4 Å². The summed E-state index contributed by atoms with van der Waals surface area (Å²) in [5.74, 6) is 1.26. The van der Waals surface area contributed by atoms with Crippen LogP contribution in [0.15, 0.2) is 24.3 Å². The van der Waals surface area contributed by atoms with E-state index in [0.717, 1.165) is 11.3 Å². The standard InChI is InChI=1S/C16H26N2O3/c1-12(2)10-18-16(20)8-9-17-11-15(19)13-4-6-14(21-3)7-5-13/h4-7,12,15,17,19H,8-11H2,1-3H3,(H,18,20). The quantitative estimate of drug-likeness (QED) is 0.603. The van der Waals surface area contributed by atoms with Gasteiger partial charge in [-0.15, -0.1) is 0 Å². The third-order valence-electron chi connectivity index (χ3n) is 3.07. The largest absolute Gasteiger partial charge is 0.497 e. The molecule has 1 amide bonds. The number of benzene rings is 1. The Morgan fingerprint density at radius 2 is 1.90 bits per heavy atom. The molecule has 0 aliphatic rings. The van der Waals surface area contributed by atoms with Crippen LogP contribution in [-0.2, 0) is 4.79 Å². The summed E-state index contributed by atoms with van der Waals surface area (Å²) in [6.07, 6.45) is -0.170. The number of aliphatic hydroxyl groups excluding tert-OH is 1. The molecule has 0 aliphatic carbocycles. The molecule has 118 valence electrons. The summed E-state index contributed by atoms with van der Waals surface area (Å²) in [6, 6.07) is 7.30. The first kappa shape index (κ1) is 17.5. The molecule has 1 unspecified atom stereocenters. The fourth-order valence-corrected chi connectivity index (χ4v) is 1.79. The van der Waals surface area contributed by atoms with Gasteiger partial charge in [0.25, 0.3) is 0 Å². The van der Waals surface area contributed by atoms with Crippen molar-refractivity contribution in [2.24, 2.45) is 5.92 Å². The average Bonchev–Trinajstić information content (AvgIpc) is 2.49. The molecule has 0 fully saturated rings. The Morgan fingerprint density at radius 1 is 1.24 bits per heavy atom. The number of amides is 1. The van der Waals surface area contributed by atoms with Crippen molar-refractivity contribution in [2.75, 3.05) is 26.7 Å². The second-order valence-electron chi connectivity index (χ2n) is 5.44. The molecular formula is C16H26N2O3. The van der Waals surface area contributed by atoms with Gasteiger partial charge >= 0.3 is 0 Å². The number of hydrogen-bond donors (Lipinski definition) is 3. The number of ether oxygens (including phenoxy) is 1. The molecule has 0 saturated carbocycles. The summed E-state index contributed by atoms with van der Waals surface area (Å²) in [5, 5.41) is 16.0. The first-order valence-corrected chi connectivity index (χ1v) is 7.32. The first-order valence-electron chi connectivity index (χ1n) is 7.32. The number of carbonyl (C=O) groups excluding carboxylic acids is 1. The van der Waals surface area contributed by atoms with E-state index in [1.807, 2.05) is 24.3 Å². The molecule has 0 spiro atoms. The highest BCUT2D eigenvalue weighted by Gasteiger charge is 2.08. The smallest absolute Gasteiger partial charge is 0.221 e. The lowest BCUT2D eigenvalue weighted by molar-refractivity contribution is -0.121. The lowest BCUT2D eigenvalue weighted by Gasteiger charge is -2.13. The molecule has 1 atom stereocenters. The maximum absolute atomic E-state index is 11.5. The molecule has 0 heterocycles. The highest BCUT2D eigenvalue weighted by Crippen LogP contribution is 2.16. The van der Waals surface area contributed by atoms with Crippen LogP contribution in [0.2, 0.25) is 0 Å². The van der Waals surface area contributed by atoms with Gasteiger partial charge in [0.1, 0.15) is 5.75 Å². The Bertz CT molecular complexity index is 418. The predicted molar refractivity (Wildman–Crippen MR) is 83.3 cm³/mol. The molecular weight excluding hydrogens is 268 g/mol. The summed E-state index contributed by atoms with van der Waals surface area (Å²) in [4.78, 5) is 11.5. The molecule has 1 rings (SSSR count). The topological polar surface area (TPSA) is 70.6 Å². The summed E-state index contributed by atoms with van der Waals surface area (Å²) in [7, 11) is 1.61. The summed E-state index contributed by atoms with van der Waals surface area (Å²) in [6.45, 7) is 5.79. The maximum atomic E-state index is 11.5. The van der Waals surface area contributed by atoms with Crippen LogP contribution in [0.5, 0.6) is 5.75 Å². The van der Waals surface area contributed by atoms with Crippen molar-refractivity contribution in [3.8, 4) is 5.75 Å². The summed E-state index contributed by atoms with van der Waals surface area (Å²) < 4.78 is 5.07. The Hall–Kier alpha value is -1.59. The van der Waals surface area contributed by atoms with Crippen molar-refractivity contribution < 1.29 is 14.6 Å². The van der Waals surface area contributed by atoms with E-state index in [1.165, 1.54) is 0 Å². The van der Waals surface area contributed by atoms with Crippen LogP contribution in [-0.4, -0.2) is 37.8 Å². The van der Waals surface area contributed by atoms with Crippen molar-refractivity contribution in [3.05, 3.63) is 29.8 Å². The minimum Gasteiger partial charge on any atom is -0.497 e. The van der Waals surface area contributed by atoms with Gasteiger partial charge in [-0.05, 0) is 23.6 Å². The van der Waals surface area contributed by atoms with Gasteiger partial charge in [-0.2, -0.15) is 0 Å². The van der Waals surface area contributed by atoms with Gasteiger partial charge in [-0.1, -0.05) is 26.0 Å². The molecule has 1 aromatic rings. The molecule has 1 aromatic carbocycles. The van der Waals surface area contributed by atoms with E-state index in [9.17, 15) is 9.90 Å². The van der Waals surface area contributed by atoms with Crippen molar-refractivity contribution >= 4 is 5.91 Å². The highest BCUT2D eigenvalue weighted by atomic mass is 16.5. The predicted octanol–water partition coefficient (Wildman–Crippen LogP) is 1.48. The molecule has 0 aromatic heterocycles. The van der Waals surface area contributed by atoms with Crippen LogP contribution in [0.3, 0.4) is 0 Å². The lowest BCUT2D eigenvalue weighted by Crippen LogP contribution is -2.31. The zero-order chi connectivity index (χ0) is 15.7. The fraction of sp³-hybridized carbons (Fsp3) is 0.562. The van der Waals surface area contributed by atoms with E-state index in [2.05, 4.69) is 24.5 Å². The van der Waals surface area contributed by atoms with E-state index >= 15 is 0 Å². The van der Waals surface area contributed by atoms with E-state index in [-0.39, 0.29) is 5.91 Å². The molecule has 5 nitrogen and oxygen atoms in total.